The molecular formula is C18H34O5Si. The number of carbonyl (C=O) groups is 2. The first kappa shape index (κ1) is 22.7. The van der Waals surface area contributed by atoms with E-state index in [4.69, 9.17) is 13.9 Å². The van der Waals surface area contributed by atoms with E-state index in [-0.39, 0.29) is 24.0 Å². The van der Waals surface area contributed by atoms with E-state index < -0.39 is 19.7 Å². The lowest BCUT2D eigenvalue weighted by Crippen LogP contribution is -2.41. The third-order valence-electron chi connectivity index (χ3n) is 4.54. The second-order valence-electron chi connectivity index (χ2n) is 8.15. The standard InChI is InChI=1S/C18H34O5Si/c1-11-22-16(20)15(18(6,7)12-14(19)21-8)13(2)23-24(9,10)17(3,4)5/h11-12H2,1-10H3/b15-13-. The number of hydrogen-bond donors (Lipinski definition) is 0. The van der Waals surface area contributed by atoms with E-state index >= 15 is 0 Å². The number of methoxy groups -OCH3 is 1. The van der Waals surface area contributed by atoms with Gasteiger partial charge >= 0.3 is 11.9 Å². The van der Waals surface area contributed by atoms with Crippen LogP contribution in [0.4, 0.5) is 0 Å². The third-order valence-corrected chi connectivity index (χ3v) is 8.97. The Morgan fingerprint density at radius 2 is 1.54 bits per heavy atom. The third kappa shape index (κ3) is 5.96. The van der Waals surface area contributed by atoms with Gasteiger partial charge in [-0.05, 0) is 32.0 Å². The number of ether oxygens (including phenoxy) is 2. The summed E-state index contributed by atoms with van der Waals surface area (Å²) in [6, 6.07) is 0. The maximum atomic E-state index is 12.5. The molecular weight excluding hydrogens is 324 g/mol. The summed E-state index contributed by atoms with van der Waals surface area (Å²) in [7, 11) is -0.770. The Morgan fingerprint density at radius 3 is 1.92 bits per heavy atom. The summed E-state index contributed by atoms with van der Waals surface area (Å²) >= 11 is 0. The Labute approximate surface area is 147 Å². The minimum atomic E-state index is -2.11. The maximum absolute atomic E-state index is 12.5. The highest BCUT2D eigenvalue weighted by molar-refractivity contribution is 6.74. The molecule has 0 aliphatic rings. The lowest BCUT2D eigenvalue weighted by molar-refractivity contribution is -0.143. The van der Waals surface area contributed by atoms with Crippen molar-refractivity contribution in [2.45, 2.75) is 73.0 Å². The second-order valence-corrected chi connectivity index (χ2v) is 12.9. The molecule has 0 unspecified atom stereocenters. The van der Waals surface area contributed by atoms with Crippen LogP contribution in [-0.2, 0) is 23.5 Å². The first-order valence-corrected chi connectivity index (χ1v) is 11.2. The zero-order valence-corrected chi connectivity index (χ0v) is 18.0. The molecule has 0 amide bonds. The van der Waals surface area contributed by atoms with Gasteiger partial charge in [-0.3, -0.25) is 4.79 Å². The maximum Gasteiger partial charge on any atom is 0.337 e. The molecule has 0 heterocycles. The van der Waals surface area contributed by atoms with Crippen molar-refractivity contribution in [2.75, 3.05) is 13.7 Å². The van der Waals surface area contributed by atoms with Crippen LogP contribution in [0.3, 0.4) is 0 Å². The van der Waals surface area contributed by atoms with Crippen molar-refractivity contribution in [3.8, 4) is 0 Å². The first-order chi connectivity index (χ1) is 10.7. The highest BCUT2D eigenvalue weighted by atomic mass is 28.4. The van der Waals surface area contributed by atoms with Crippen molar-refractivity contribution in [2.24, 2.45) is 5.41 Å². The molecule has 0 atom stereocenters. The molecule has 24 heavy (non-hydrogen) atoms. The van der Waals surface area contributed by atoms with Crippen molar-refractivity contribution < 1.29 is 23.5 Å². The van der Waals surface area contributed by atoms with Gasteiger partial charge < -0.3 is 13.9 Å². The molecule has 0 aliphatic heterocycles. The summed E-state index contributed by atoms with van der Waals surface area (Å²) in [6.45, 7) is 18.1. The van der Waals surface area contributed by atoms with Crippen molar-refractivity contribution in [3.63, 3.8) is 0 Å². The molecule has 0 saturated heterocycles. The molecule has 0 N–H and O–H groups in total. The monoisotopic (exact) mass is 358 g/mol. The van der Waals surface area contributed by atoms with Crippen LogP contribution in [0, 0.1) is 5.41 Å². The van der Waals surface area contributed by atoms with Gasteiger partial charge in [0.05, 0.1) is 31.5 Å². The van der Waals surface area contributed by atoms with Crippen molar-refractivity contribution >= 4 is 20.3 Å². The molecule has 0 saturated carbocycles. The van der Waals surface area contributed by atoms with E-state index in [1.165, 1.54) is 7.11 Å². The summed E-state index contributed by atoms with van der Waals surface area (Å²) in [5.41, 5.74) is -0.342. The van der Waals surface area contributed by atoms with E-state index in [2.05, 4.69) is 33.9 Å². The summed E-state index contributed by atoms with van der Waals surface area (Å²) in [5, 5.41) is 0.000519. The fourth-order valence-corrected chi connectivity index (χ4v) is 3.38. The van der Waals surface area contributed by atoms with Gasteiger partial charge in [-0.1, -0.05) is 34.6 Å². The van der Waals surface area contributed by atoms with Crippen LogP contribution in [0.5, 0.6) is 0 Å². The van der Waals surface area contributed by atoms with Gasteiger partial charge in [-0.2, -0.15) is 0 Å². The zero-order valence-electron chi connectivity index (χ0n) is 17.0. The van der Waals surface area contributed by atoms with Gasteiger partial charge in [0, 0.05) is 5.41 Å². The number of hydrogen-bond acceptors (Lipinski definition) is 5. The number of rotatable bonds is 7. The van der Waals surface area contributed by atoms with Crippen molar-refractivity contribution in [1.29, 1.82) is 0 Å². The molecule has 0 aliphatic carbocycles. The van der Waals surface area contributed by atoms with Gasteiger partial charge in [-0.25, -0.2) is 4.79 Å². The molecule has 0 fully saturated rings. The van der Waals surface area contributed by atoms with E-state index in [9.17, 15) is 9.59 Å². The lowest BCUT2D eigenvalue weighted by Gasteiger charge is -2.38. The van der Waals surface area contributed by atoms with Gasteiger partial charge in [0.2, 0.25) is 8.32 Å². The highest BCUT2D eigenvalue weighted by Gasteiger charge is 2.41. The van der Waals surface area contributed by atoms with Gasteiger partial charge in [0.15, 0.2) is 0 Å². The van der Waals surface area contributed by atoms with Crippen molar-refractivity contribution in [3.05, 3.63) is 11.3 Å². The SMILES string of the molecule is CCOC(=O)/C(=C(\C)O[Si](C)(C)C(C)(C)C)C(C)(C)CC(=O)OC. The smallest absolute Gasteiger partial charge is 0.337 e. The van der Waals surface area contributed by atoms with Crippen LogP contribution < -0.4 is 0 Å². The Balaban J connectivity index is 5.94. The highest BCUT2D eigenvalue weighted by Crippen LogP contribution is 2.41. The molecule has 0 aromatic carbocycles. The predicted molar refractivity (Wildman–Crippen MR) is 98.0 cm³/mol. The summed E-state index contributed by atoms with van der Waals surface area (Å²) in [4.78, 5) is 24.3. The Bertz CT molecular complexity index is 498. The van der Waals surface area contributed by atoms with Crippen LogP contribution in [0.1, 0.15) is 54.9 Å². The molecule has 140 valence electrons. The minimum absolute atomic E-state index is 0.000519. The minimum Gasteiger partial charge on any atom is -0.546 e. The van der Waals surface area contributed by atoms with Crippen LogP contribution in [-0.4, -0.2) is 34.0 Å². The molecule has 0 rings (SSSR count). The molecule has 0 bridgehead atoms. The molecule has 0 radical (unpaired) electrons. The zero-order chi connectivity index (χ0) is 19.3. The normalized spacial score (nSPS) is 13.9. The summed E-state index contributed by atoms with van der Waals surface area (Å²) < 4.78 is 16.3. The Kier molecular flexibility index (Phi) is 7.74. The Hall–Kier alpha value is -1.30. The molecule has 5 nitrogen and oxygen atoms in total. The number of carbonyl (C=O) groups excluding carboxylic acids is 2. The van der Waals surface area contributed by atoms with Crippen LogP contribution in [0.2, 0.25) is 18.1 Å². The van der Waals surface area contributed by atoms with E-state index in [0.29, 0.717) is 11.3 Å². The largest absolute Gasteiger partial charge is 0.546 e. The average Bonchev–Trinajstić information content (AvgIpc) is 2.35. The predicted octanol–water partition coefficient (Wildman–Crippen LogP) is 4.43. The van der Waals surface area contributed by atoms with Crippen LogP contribution in [0.25, 0.3) is 0 Å². The molecule has 6 heteroatoms. The van der Waals surface area contributed by atoms with E-state index in [1.807, 2.05) is 13.8 Å². The lowest BCUT2D eigenvalue weighted by atomic mass is 9.80. The van der Waals surface area contributed by atoms with Gasteiger partial charge in [-0.15, -0.1) is 0 Å². The fraction of sp³-hybridized carbons (Fsp3) is 0.778. The van der Waals surface area contributed by atoms with Gasteiger partial charge in [0.1, 0.15) is 0 Å². The molecule has 0 spiro atoms. The van der Waals surface area contributed by atoms with E-state index in [1.54, 1.807) is 13.8 Å². The second kappa shape index (κ2) is 8.19. The topological polar surface area (TPSA) is 61.8 Å². The Morgan fingerprint density at radius 1 is 1.04 bits per heavy atom. The first-order valence-electron chi connectivity index (χ1n) is 8.34. The van der Waals surface area contributed by atoms with Gasteiger partial charge in [0.25, 0.3) is 0 Å². The number of allylic oxidation sites excluding steroid dienone is 1. The average molecular weight is 359 g/mol. The summed E-state index contributed by atoms with van der Waals surface area (Å²) in [5.74, 6) is -0.279. The van der Waals surface area contributed by atoms with Crippen LogP contribution in [0.15, 0.2) is 11.3 Å². The van der Waals surface area contributed by atoms with Crippen molar-refractivity contribution in [1.82, 2.24) is 0 Å². The quantitative estimate of drug-likeness (QED) is 0.291. The van der Waals surface area contributed by atoms with E-state index in [0.717, 1.165) is 0 Å². The molecule has 0 aromatic rings. The van der Waals surface area contributed by atoms with Crippen LogP contribution >= 0.6 is 0 Å². The summed E-state index contributed by atoms with van der Waals surface area (Å²) in [6.07, 6.45) is 0.0792. The molecule has 0 aromatic heterocycles. The number of esters is 2. The fourth-order valence-electron chi connectivity index (χ4n) is 2.21.